The minimum absolute atomic E-state index is 0.0794. The van der Waals surface area contributed by atoms with E-state index in [2.05, 4.69) is 4.98 Å². The van der Waals surface area contributed by atoms with Gasteiger partial charge in [0.25, 0.3) is 5.91 Å². The Morgan fingerprint density at radius 1 is 1.57 bits per heavy atom. The van der Waals surface area contributed by atoms with Crippen LogP contribution in [0.4, 0.5) is 4.39 Å². The fraction of sp³-hybridized carbons (Fsp3) is 0.500. The second-order valence-electron chi connectivity index (χ2n) is 5.57. The normalized spacial score (nSPS) is 18.7. The molecule has 0 atom stereocenters. The molecule has 1 aliphatic heterocycles. The van der Waals surface area contributed by atoms with Crippen molar-refractivity contribution in [2.24, 2.45) is 0 Å². The summed E-state index contributed by atoms with van der Waals surface area (Å²) >= 11 is 0. The standard InChI is InChI=1S/C16H19FN2O2/c1-2-11(8-17)10-21-15-7-12-5-6-19(13-3-4-13)16(20)14(12)9-18-15/h7-9,13H,2-6,10H2,1H3/b11-8-. The molecule has 1 fully saturated rings. The number of nitrogens with zero attached hydrogens (tertiary/aromatic N) is 2. The Balaban J connectivity index is 1.72. The summed E-state index contributed by atoms with van der Waals surface area (Å²) in [5, 5.41) is 0. The largest absolute Gasteiger partial charge is 0.473 e. The van der Waals surface area contributed by atoms with E-state index in [-0.39, 0.29) is 12.5 Å². The number of halogens is 1. The zero-order chi connectivity index (χ0) is 14.8. The first-order valence-electron chi connectivity index (χ1n) is 7.43. The van der Waals surface area contributed by atoms with E-state index in [1.165, 1.54) is 0 Å². The summed E-state index contributed by atoms with van der Waals surface area (Å²) in [4.78, 5) is 18.5. The number of hydrogen-bond acceptors (Lipinski definition) is 3. The third kappa shape index (κ3) is 2.91. The Labute approximate surface area is 123 Å². The molecule has 2 aliphatic rings. The number of carbonyl (C=O) groups is 1. The van der Waals surface area contributed by atoms with Crippen LogP contribution in [0.15, 0.2) is 24.2 Å². The highest BCUT2D eigenvalue weighted by Crippen LogP contribution is 2.32. The van der Waals surface area contributed by atoms with Crippen molar-refractivity contribution >= 4 is 5.91 Å². The average molecular weight is 290 g/mol. The summed E-state index contributed by atoms with van der Waals surface area (Å²) in [6.07, 6.45) is 5.84. The SMILES string of the molecule is CC/C(=C/F)COc1cc2c(cn1)C(=O)N(C1CC1)CC2. The number of rotatable bonds is 5. The van der Waals surface area contributed by atoms with Crippen molar-refractivity contribution in [1.82, 2.24) is 9.88 Å². The van der Waals surface area contributed by atoms with Crippen molar-refractivity contribution in [2.75, 3.05) is 13.2 Å². The van der Waals surface area contributed by atoms with Gasteiger partial charge in [-0.05, 0) is 36.8 Å². The van der Waals surface area contributed by atoms with Gasteiger partial charge in [0.15, 0.2) is 0 Å². The van der Waals surface area contributed by atoms with Crippen LogP contribution >= 0.6 is 0 Å². The molecular weight excluding hydrogens is 271 g/mol. The van der Waals surface area contributed by atoms with Gasteiger partial charge in [0.2, 0.25) is 5.88 Å². The van der Waals surface area contributed by atoms with Crippen LogP contribution in [-0.4, -0.2) is 35.0 Å². The minimum atomic E-state index is 0.0794. The molecule has 0 bridgehead atoms. The lowest BCUT2D eigenvalue weighted by molar-refractivity contribution is 0.0726. The Morgan fingerprint density at radius 2 is 2.38 bits per heavy atom. The van der Waals surface area contributed by atoms with Gasteiger partial charge in [0.05, 0.1) is 11.9 Å². The zero-order valence-electron chi connectivity index (χ0n) is 12.1. The lowest BCUT2D eigenvalue weighted by atomic mass is 10.0. The van der Waals surface area contributed by atoms with Crippen LogP contribution in [0.5, 0.6) is 5.88 Å². The molecule has 1 aromatic rings. The molecule has 3 rings (SSSR count). The number of fused-ring (bicyclic) bond motifs is 1. The smallest absolute Gasteiger partial charge is 0.255 e. The van der Waals surface area contributed by atoms with Crippen LogP contribution in [-0.2, 0) is 6.42 Å². The Bertz CT molecular complexity index is 582. The van der Waals surface area contributed by atoms with Gasteiger partial charge in [-0.1, -0.05) is 6.92 Å². The molecule has 2 heterocycles. The van der Waals surface area contributed by atoms with Gasteiger partial charge in [-0.3, -0.25) is 4.79 Å². The van der Waals surface area contributed by atoms with Gasteiger partial charge in [0, 0.05) is 24.8 Å². The monoisotopic (exact) mass is 290 g/mol. The van der Waals surface area contributed by atoms with Gasteiger partial charge in [-0.25, -0.2) is 9.37 Å². The van der Waals surface area contributed by atoms with Gasteiger partial charge in [-0.2, -0.15) is 0 Å². The fourth-order valence-corrected chi connectivity index (χ4v) is 2.56. The average Bonchev–Trinajstić information content (AvgIpc) is 3.33. The predicted molar refractivity (Wildman–Crippen MR) is 77.0 cm³/mol. The van der Waals surface area contributed by atoms with Gasteiger partial charge < -0.3 is 9.64 Å². The van der Waals surface area contributed by atoms with E-state index >= 15 is 0 Å². The number of ether oxygens (including phenoxy) is 1. The van der Waals surface area contributed by atoms with Crippen LogP contribution in [0, 0.1) is 0 Å². The minimum Gasteiger partial charge on any atom is -0.473 e. The molecule has 0 radical (unpaired) electrons. The molecule has 0 aromatic carbocycles. The van der Waals surface area contributed by atoms with Crippen LogP contribution in [0.3, 0.4) is 0 Å². The van der Waals surface area contributed by atoms with Crippen molar-refractivity contribution in [2.45, 2.75) is 38.6 Å². The second kappa shape index (κ2) is 5.84. The Kier molecular flexibility index (Phi) is 3.90. The molecular formula is C16H19FN2O2. The van der Waals surface area contributed by atoms with Crippen LogP contribution in [0.25, 0.3) is 0 Å². The summed E-state index contributed by atoms with van der Waals surface area (Å²) in [5.41, 5.74) is 2.24. The van der Waals surface area contributed by atoms with Crippen LogP contribution in [0.2, 0.25) is 0 Å². The lowest BCUT2D eigenvalue weighted by Gasteiger charge is -2.28. The highest BCUT2D eigenvalue weighted by atomic mass is 19.1. The highest BCUT2D eigenvalue weighted by molar-refractivity contribution is 5.96. The summed E-state index contributed by atoms with van der Waals surface area (Å²) in [6, 6.07) is 2.24. The molecule has 4 nitrogen and oxygen atoms in total. The first kappa shape index (κ1) is 14.0. The molecule has 1 saturated carbocycles. The van der Waals surface area contributed by atoms with Crippen molar-refractivity contribution in [1.29, 1.82) is 0 Å². The fourth-order valence-electron chi connectivity index (χ4n) is 2.56. The predicted octanol–water partition coefficient (Wildman–Crippen LogP) is 2.88. The third-order valence-corrected chi connectivity index (χ3v) is 4.08. The van der Waals surface area contributed by atoms with E-state index in [4.69, 9.17) is 4.74 Å². The van der Waals surface area contributed by atoms with Crippen molar-refractivity contribution in [3.63, 3.8) is 0 Å². The van der Waals surface area contributed by atoms with Gasteiger partial charge >= 0.3 is 0 Å². The van der Waals surface area contributed by atoms with Crippen molar-refractivity contribution in [3.05, 3.63) is 35.3 Å². The first-order chi connectivity index (χ1) is 10.2. The third-order valence-electron chi connectivity index (χ3n) is 4.08. The molecule has 1 amide bonds. The second-order valence-corrected chi connectivity index (χ2v) is 5.57. The lowest BCUT2D eigenvalue weighted by Crippen LogP contribution is -2.39. The van der Waals surface area contributed by atoms with Crippen molar-refractivity contribution < 1.29 is 13.9 Å². The zero-order valence-corrected chi connectivity index (χ0v) is 12.1. The maximum Gasteiger partial charge on any atom is 0.255 e. The molecule has 0 N–H and O–H groups in total. The van der Waals surface area contributed by atoms with E-state index < -0.39 is 0 Å². The topological polar surface area (TPSA) is 42.4 Å². The number of carbonyl (C=O) groups excluding carboxylic acids is 1. The molecule has 0 spiro atoms. The van der Waals surface area contributed by atoms with E-state index in [9.17, 15) is 9.18 Å². The van der Waals surface area contributed by atoms with Crippen LogP contribution in [0.1, 0.15) is 42.1 Å². The van der Waals surface area contributed by atoms with E-state index in [1.54, 1.807) is 6.20 Å². The Hall–Kier alpha value is -1.91. The van der Waals surface area contributed by atoms with E-state index in [0.717, 1.165) is 31.4 Å². The molecule has 1 aliphatic carbocycles. The molecule has 112 valence electrons. The summed E-state index contributed by atoms with van der Waals surface area (Å²) in [5.74, 6) is 0.532. The van der Waals surface area contributed by atoms with Gasteiger partial charge in [-0.15, -0.1) is 0 Å². The summed E-state index contributed by atoms with van der Waals surface area (Å²) in [7, 11) is 0. The molecule has 0 saturated heterocycles. The molecule has 5 heteroatoms. The van der Waals surface area contributed by atoms with Crippen molar-refractivity contribution in [3.8, 4) is 5.88 Å². The highest BCUT2D eigenvalue weighted by Gasteiger charge is 2.36. The number of amides is 1. The number of hydrogen-bond donors (Lipinski definition) is 0. The maximum atomic E-state index is 12.5. The van der Waals surface area contributed by atoms with Gasteiger partial charge in [0.1, 0.15) is 6.61 Å². The summed E-state index contributed by atoms with van der Waals surface area (Å²) < 4.78 is 18.0. The first-order valence-corrected chi connectivity index (χ1v) is 7.43. The number of pyridine rings is 1. The molecule has 21 heavy (non-hydrogen) atoms. The maximum absolute atomic E-state index is 12.5. The van der Waals surface area contributed by atoms with E-state index in [0.29, 0.717) is 35.8 Å². The molecule has 0 unspecified atom stereocenters. The number of aromatic nitrogens is 1. The van der Waals surface area contributed by atoms with E-state index in [1.807, 2.05) is 17.9 Å². The quantitative estimate of drug-likeness (QED) is 0.837. The summed E-state index contributed by atoms with van der Waals surface area (Å²) in [6.45, 7) is 2.84. The molecule has 1 aromatic heterocycles. The Morgan fingerprint density at radius 3 is 3.05 bits per heavy atom. The van der Waals surface area contributed by atoms with Crippen LogP contribution < -0.4 is 4.74 Å².